The molecule has 0 aromatic carbocycles. The van der Waals surface area contributed by atoms with E-state index in [1.54, 1.807) is 12.4 Å². The van der Waals surface area contributed by atoms with E-state index in [1.165, 1.54) is 0 Å². The Morgan fingerprint density at radius 1 is 1.41 bits per heavy atom. The number of hydrogen-bond acceptors (Lipinski definition) is 3. The van der Waals surface area contributed by atoms with Gasteiger partial charge < -0.3 is 10.1 Å². The number of H-pyrrole nitrogens is 1. The van der Waals surface area contributed by atoms with Crippen molar-refractivity contribution < 1.29 is 9.90 Å². The summed E-state index contributed by atoms with van der Waals surface area (Å²) in [5.74, 6) is -0.114. The molecule has 0 fully saturated rings. The second kappa shape index (κ2) is 5.09. The van der Waals surface area contributed by atoms with Crippen LogP contribution in [0.5, 0.6) is 0 Å². The molecule has 0 aliphatic heterocycles. The zero-order valence-electron chi connectivity index (χ0n) is 8.85. The molecule has 17 heavy (non-hydrogen) atoms. The lowest BCUT2D eigenvalue weighted by atomic mass is 10.2. The molecule has 0 bridgehead atoms. The minimum absolute atomic E-state index is 0.0799. The van der Waals surface area contributed by atoms with E-state index in [1.807, 2.05) is 12.1 Å². The van der Waals surface area contributed by atoms with Gasteiger partial charge in [-0.05, 0) is 28.1 Å². The van der Waals surface area contributed by atoms with Crippen LogP contribution >= 0.6 is 15.9 Å². The van der Waals surface area contributed by atoms with E-state index in [2.05, 4.69) is 30.9 Å². The molecule has 2 aromatic rings. The van der Waals surface area contributed by atoms with Crippen LogP contribution in [0.2, 0.25) is 0 Å². The molecule has 0 saturated carbocycles. The normalized spacial score (nSPS) is 10.4. The van der Waals surface area contributed by atoms with E-state index in [0.717, 1.165) is 11.3 Å². The van der Waals surface area contributed by atoms with Gasteiger partial charge in [-0.3, -0.25) is 9.78 Å². The molecular formula is C11H10BrN3O2. The monoisotopic (exact) mass is 295 g/mol. The predicted octanol–water partition coefficient (Wildman–Crippen LogP) is 2.25. The number of rotatable bonds is 4. The molecule has 2 heterocycles. The quantitative estimate of drug-likeness (QED) is 0.907. The Balaban J connectivity index is 2.22. The van der Waals surface area contributed by atoms with Crippen molar-refractivity contribution in [1.29, 1.82) is 0 Å². The van der Waals surface area contributed by atoms with Crippen LogP contribution < -0.4 is 0 Å². The number of aromatic nitrogens is 3. The van der Waals surface area contributed by atoms with Crippen molar-refractivity contribution in [3.05, 3.63) is 34.8 Å². The van der Waals surface area contributed by atoms with Crippen molar-refractivity contribution >= 4 is 21.9 Å². The molecular weight excluding hydrogens is 286 g/mol. The highest BCUT2D eigenvalue weighted by molar-refractivity contribution is 9.10. The van der Waals surface area contributed by atoms with Crippen LogP contribution in [0.15, 0.2) is 29.1 Å². The molecule has 2 aromatic heterocycles. The molecule has 2 N–H and O–H groups in total. The fourth-order valence-electron chi connectivity index (χ4n) is 1.43. The minimum atomic E-state index is -0.822. The number of carbonyl (C=O) groups is 1. The molecule has 0 aliphatic rings. The number of nitrogens with zero attached hydrogens (tertiary/aromatic N) is 2. The van der Waals surface area contributed by atoms with Crippen LogP contribution in [-0.4, -0.2) is 26.0 Å². The van der Waals surface area contributed by atoms with E-state index in [4.69, 9.17) is 5.11 Å². The van der Waals surface area contributed by atoms with Gasteiger partial charge in [0.2, 0.25) is 0 Å². The topological polar surface area (TPSA) is 78.9 Å². The predicted molar refractivity (Wildman–Crippen MR) is 65.5 cm³/mol. The molecule has 0 atom stereocenters. The van der Waals surface area contributed by atoms with Gasteiger partial charge in [0.1, 0.15) is 10.4 Å². The number of carboxylic acids is 1. The number of hydrogen-bond donors (Lipinski definition) is 2. The van der Waals surface area contributed by atoms with Crippen molar-refractivity contribution in [3.63, 3.8) is 0 Å². The van der Waals surface area contributed by atoms with Gasteiger partial charge in [0.15, 0.2) is 0 Å². The Labute approximate surface area is 106 Å². The first-order valence-corrected chi connectivity index (χ1v) is 5.82. The summed E-state index contributed by atoms with van der Waals surface area (Å²) >= 11 is 3.31. The second-order valence-corrected chi connectivity index (χ2v) is 4.24. The average Bonchev–Trinajstić information content (AvgIpc) is 2.69. The Morgan fingerprint density at radius 3 is 2.76 bits per heavy atom. The van der Waals surface area contributed by atoms with Crippen LogP contribution in [0.4, 0.5) is 0 Å². The summed E-state index contributed by atoms with van der Waals surface area (Å²) in [5, 5.41) is 8.63. The first kappa shape index (κ1) is 11.8. The van der Waals surface area contributed by atoms with E-state index in [-0.39, 0.29) is 6.42 Å². The Kier molecular flexibility index (Phi) is 3.53. The van der Waals surface area contributed by atoms with Crippen molar-refractivity contribution in [3.8, 4) is 11.4 Å². The third-order valence-electron chi connectivity index (χ3n) is 2.27. The third kappa shape index (κ3) is 2.91. The van der Waals surface area contributed by atoms with Crippen molar-refractivity contribution in [2.75, 3.05) is 0 Å². The number of aliphatic carboxylic acids is 1. The summed E-state index contributed by atoms with van der Waals surface area (Å²) in [6, 6.07) is 3.68. The van der Waals surface area contributed by atoms with Gasteiger partial charge in [0.25, 0.3) is 0 Å². The van der Waals surface area contributed by atoms with Gasteiger partial charge in [0.05, 0.1) is 12.1 Å². The average molecular weight is 296 g/mol. The van der Waals surface area contributed by atoms with Crippen LogP contribution in [0, 0.1) is 0 Å². The number of aromatic amines is 1. The smallest absolute Gasteiger partial charge is 0.303 e. The van der Waals surface area contributed by atoms with Crippen molar-refractivity contribution in [2.24, 2.45) is 0 Å². The molecule has 0 saturated heterocycles. The minimum Gasteiger partial charge on any atom is -0.481 e. The van der Waals surface area contributed by atoms with Crippen LogP contribution in [0.25, 0.3) is 11.4 Å². The zero-order valence-corrected chi connectivity index (χ0v) is 10.4. The largest absolute Gasteiger partial charge is 0.481 e. The van der Waals surface area contributed by atoms with Crippen molar-refractivity contribution in [2.45, 2.75) is 12.8 Å². The summed E-state index contributed by atoms with van der Waals surface area (Å²) in [6.07, 6.45) is 3.87. The van der Waals surface area contributed by atoms with Gasteiger partial charge in [0, 0.05) is 24.4 Å². The Morgan fingerprint density at radius 2 is 2.12 bits per heavy atom. The van der Waals surface area contributed by atoms with Gasteiger partial charge in [-0.2, -0.15) is 0 Å². The fraction of sp³-hybridized carbons (Fsp3) is 0.182. The number of carboxylic acid groups (broad SMARTS) is 1. The molecule has 0 radical (unpaired) electrons. The number of halogens is 1. The van der Waals surface area contributed by atoms with Gasteiger partial charge in [-0.1, -0.05) is 0 Å². The maximum Gasteiger partial charge on any atom is 0.303 e. The van der Waals surface area contributed by atoms with E-state index in [9.17, 15) is 4.79 Å². The Bertz CT molecular complexity index is 525. The highest BCUT2D eigenvalue weighted by Gasteiger charge is 2.10. The first-order chi connectivity index (χ1) is 8.16. The van der Waals surface area contributed by atoms with E-state index >= 15 is 0 Å². The summed E-state index contributed by atoms with van der Waals surface area (Å²) in [4.78, 5) is 21.8. The molecule has 0 unspecified atom stereocenters. The van der Waals surface area contributed by atoms with E-state index < -0.39 is 5.97 Å². The molecule has 0 spiro atoms. The molecule has 88 valence electrons. The molecule has 6 heteroatoms. The maximum atomic E-state index is 10.5. The van der Waals surface area contributed by atoms with Crippen LogP contribution in [0.1, 0.15) is 12.1 Å². The lowest BCUT2D eigenvalue weighted by Gasteiger charge is -1.95. The van der Waals surface area contributed by atoms with Gasteiger partial charge in [-0.25, -0.2) is 4.98 Å². The molecule has 0 aliphatic carbocycles. The second-order valence-electron chi connectivity index (χ2n) is 3.48. The van der Waals surface area contributed by atoms with Gasteiger partial charge in [-0.15, -0.1) is 0 Å². The Hall–Kier alpha value is -1.69. The molecule has 0 amide bonds. The van der Waals surface area contributed by atoms with Crippen LogP contribution in [0.3, 0.4) is 0 Å². The number of imidazole rings is 1. The summed E-state index contributed by atoms with van der Waals surface area (Å²) in [5.41, 5.74) is 1.71. The zero-order chi connectivity index (χ0) is 12.3. The summed E-state index contributed by atoms with van der Waals surface area (Å²) < 4.78 is 0.658. The highest BCUT2D eigenvalue weighted by Crippen LogP contribution is 2.22. The van der Waals surface area contributed by atoms with Crippen molar-refractivity contribution in [1.82, 2.24) is 15.0 Å². The summed E-state index contributed by atoms with van der Waals surface area (Å²) in [6.45, 7) is 0. The third-order valence-corrected chi connectivity index (χ3v) is 2.93. The van der Waals surface area contributed by atoms with E-state index in [0.29, 0.717) is 16.8 Å². The lowest BCUT2D eigenvalue weighted by molar-refractivity contribution is -0.136. The SMILES string of the molecule is O=C(O)CCc1[nH]c(-c2ccncc2)nc1Br. The fourth-order valence-corrected chi connectivity index (χ4v) is 1.91. The standard InChI is InChI=1S/C11H10BrN3O2/c12-10-8(1-2-9(16)17)14-11(15-10)7-3-5-13-6-4-7/h3-6H,1-2H2,(H,14,15)(H,16,17). The molecule has 5 nitrogen and oxygen atoms in total. The number of pyridine rings is 1. The lowest BCUT2D eigenvalue weighted by Crippen LogP contribution is -1.98. The number of nitrogens with one attached hydrogen (secondary N) is 1. The number of aryl methyl sites for hydroxylation is 1. The van der Waals surface area contributed by atoms with Gasteiger partial charge >= 0.3 is 5.97 Å². The molecule has 2 rings (SSSR count). The maximum absolute atomic E-state index is 10.5. The summed E-state index contributed by atoms with van der Waals surface area (Å²) in [7, 11) is 0. The highest BCUT2D eigenvalue weighted by atomic mass is 79.9. The van der Waals surface area contributed by atoms with Crippen LogP contribution in [-0.2, 0) is 11.2 Å². The first-order valence-electron chi connectivity index (χ1n) is 5.03.